The molecule has 1 unspecified atom stereocenters. The first-order chi connectivity index (χ1) is 16.3. The average molecular weight is 470 g/mol. The van der Waals surface area contributed by atoms with Crippen molar-refractivity contribution in [2.75, 3.05) is 24.5 Å². The maximum Gasteiger partial charge on any atom is 0.255 e. The van der Waals surface area contributed by atoms with Crippen LogP contribution in [-0.4, -0.2) is 36.1 Å². The van der Waals surface area contributed by atoms with E-state index in [-0.39, 0.29) is 28.8 Å². The lowest BCUT2D eigenvalue weighted by Gasteiger charge is -2.40. The van der Waals surface area contributed by atoms with E-state index in [0.717, 1.165) is 43.7 Å². The molecule has 9 heteroatoms. The van der Waals surface area contributed by atoms with Crippen LogP contribution in [0.25, 0.3) is 11.1 Å². The molecule has 0 aliphatic carbocycles. The molecule has 2 aliphatic rings. The zero-order valence-corrected chi connectivity index (χ0v) is 18.2. The lowest BCUT2D eigenvalue weighted by atomic mass is 9.87. The number of hydrogen-bond acceptors (Lipinski definition) is 4. The Bertz CT molecular complexity index is 1220. The first kappa shape index (κ1) is 22.3. The molecule has 34 heavy (non-hydrogen) atoms. The number of benzene rings is 2. The van der Waals surface area contributed by atoms with Crippen molar-refractivity contribution in [2.45, 2.75) is 24.9 Å². The average Bonchev–Trinajstić information content (AvgIpc) is 3.22. The minimum Gasteiger partial charge on any atom is -0.368 e. The van der Waals surface area contributed by atoms with Crippen molar-refractivity contribution < 1.29 is 22.4 Å². The van der Waals surface area contributed by atoms with Gasteiger partial charge in [-0.15, -0.1) is 0 Å². The number of carbonyl (C=O) groups excluding carboxylic acids is 1. The molecule has 1 aromatic heterocycles. The summed E-state index contributed by atoms with van der Waals surface area (Å²) in [7, 11) is 0. The monoisotopic (exact) mass is 470 g/mol. The molecule has 2 fully saturated rings. The number of anilines is 1. The Balaban J connectivity index is 1.51. The van der Waals surface area contributed by atoms with Crippen LogP contribution in [0.1, 0.15) is 28.8 Å². The fourth-order valence-corrected chi connectivity index (χ4v) is 4.76. The first-order valence-corrected chi connectivity index (χ1v) is 11.0. The molecule has 2 saturated heterocycles. The molecular formula is C25H22F4N4O. The molecule has 0 radical (unpaired) electrons. The molecule has 3 aromatic rings. The summed E-state index contributed by atoms with van der Waals surface area (Å²) < 4.78 is 55.1. The molecule has 0 bridgehead atoms. The third-order valence-electron chi connectivity index (χ3n) is 6.48. The van der Waals surface area contributed by atoms with Crippen LogP contribution >= 0.6 is 0 Å². The van der Waals surface area contributed by atoms with Gasteiger partial charge in [0.05, 0.1) is 11.3 Å². The molecule has 5 nitrogen and oxygen atoms in total. The number of rotatable bonds is 5. The van der Waals surface area contributed by atoms with Crippen molar-refractivity contribution in [1.82, 2.24) is 15.6 Å². The van der Waals surface area contributed by atoms with E-state index in [0.29, 0.717) is 24.3 Å². The van der Waals surface area contributed by atoms with Crippen LogP contribution in [-0.2, 0) is 6.54 Å². The van der Waals surface area contributed by atoms with E-state index in [9.17, 15) is 22.4 Å². The van der Waals surface area contributed by atoms with Crippen LogP contribution in [0.15, 0.2) is 48.8 Å². The van der Waals surface area contributed by atoms with Gasteiger partial charge in [-0.25, -0.2) is 17.6 Å². The zero-order valence-electron chi connectivity index (χ0n) is 18.2. The summed E-state index contributed by atoms with van der Waals surface area (Å²) in [6.07, 6.45) is 4.76. The van der Waals surface area contributed by atoms with Crippen LogP contribution in [0.5, 0.6) is 0 Å². The third kappa shape index (κ3) is 4.35. The van der Waals surface area contributed by atoms with Gasteiger partial charge in [-0.3, -0.25) is 9.78 Å². The standard InChI is InChI=1S/C25H22F4N4O/c26-17-5-15(6-18(27)9-17)11-31-24(34)22-13-30-12-21(16-7-19(28)10-20(29)8-16)23(22)33-4-2-25(14-33)1-3-32-25/h5-10,12-13,32H,1-4,11,14H2,(H,31,34). The minimum absolute atomic E-state index is 0.0411. The van der Waals surface area contributed by atoms with Gasteiger partial charge in [-0.1, -0.05) is 0 Å². The SMILES string of the molecule is O=C(NCc1cc(F)cc(F)c1)c1cncc(-c2cc(F)cc(F)c2)c1N1CCC2(CCN2)C1. The highest BCUT2D eigenvalue weighted by atomic mass is 19.1. The van der Waals surface area contributed by atoms with Gasteiger partial charge in [0.1, 0.15) is 23.3 Å². The molecule has 3 heterocycles. The lowest BCUT2D eigenvalue weighted by Crippen LogP contribution is -2.58. The van der Waals surface area contributed by atoms with Crippen LogP contribution in [0.4, 0.5) is 23.2 Å². The summed E-state index contributed by atoms with van der Waals surface area (Å²) in [5.41, 5.74) is 1.66. The molecule has 1 amide bonds. The molecule has 0 saturated carbocycles. The number of pyridine rings is 1. The highest BCUT2D eigenvalue weighted by Gasteiger charge is 2.43. The lowest BCUT2D eigenvalue weighted by molar-refractivity contribution is 0.0951. The quantitative estimate of drug-likeness (QED) is 0.550. The van der Waals surface area contributed by atoms with Gasteiger partial charge in [0.25, 0.3) is 5.91 Å². The molecule has 176 valence electrons. The van der Waals surface area contributed by atoms with Crippen LogP contribution in [0, 0.1) is 23.3 Å². The largest absolute Gasteiger partial charge is 0.368 e. The maximum absolute atomic E-state index is 14.0. The summed E-state index contributed by atoms with van der Waals surface area (Å²) in [6, 6.07) is 6.23. The van der Waals surface area contributed by atoms with Gasteiger partial charge in [0, 0.05) is 55.3 Å². The second-order valence-electron chi connectivity index (χ2n) is 8.83. The van der Waals surface area contributed by atoms with Crippen LogP contribution < -0.4 is 15.5 Å². The Kier molecular flexibility index (Phi) is 5.73. The van der Waals surface area contributed by atoms with Crippen molar-refractivity contribution in [3.05, 3.63) is 83.2 Å². The predicted molar refractivity (Wildman–Crippen MR) is 119 cm³/mol. The number of nitrogens with one attached hydrogen (secondary N) is 2. The van der Waals surface area contributed by atoms with Crippen molar-refractivity contribution >= 4 is 11.6 Å². The van der Waals surface area contributed by atoms with Crippen molar-refractivity contribution in [3.8, 4) is 11.1 Å². The topological polar surface area (TPSA) is 57.3 Å². The van der Waals surface area contributed by atoms with E-state index in [1.807, 2.05) is 4.90 Å². The summed E-state index contributed by atoms with van der Waals surface area (Å²) in [4.78, 5) is 19.4. The third-order valence-corrected chi connectivity index (χ3v) is 6.48. The van der Waals surface area contributed by atoms with E-state index in [1.54, 1.807) is 0 Å². The molecule has 2 aliphatic heterocycles. The number of aromatic nitrogens is 1. The highest BCUT2D eigenvalue weighted by Crippen LogP contribution is 2.40. The summed E-state index contributed by atoms with van der Waals surface area (Å²) in [5.74, 6) is -3.45. The first-order valence-electron chi connectivity index (χ1n) is 11.0. The van der Waals surface area contributed by atoms with Crippen molar-refractivity contribution in [2.24, 2.45) is 0 Å². The van der Waals surface area contributed by atoms with Crippen LogP contribution in [0.2, 0.25) is 0 Å². The number of halogens is 4. The van der Waals surface area contributed by atoms with Crippen LogP contribution in [0.3, 0.4) is 0 Å². The Labute approximate surface area is 193 Å². The molecule has 1 atom stereocenters. The van der Waals surface area contributed by atoms with Gasteiger partial charge >= 0.3 is 0 Å². The number of hydrogen-bond donors (Lipinski definition) is 2. The Hall–Kier alpha value is -3.46. The van der Waals surface area contributed by atoms with Gasteiger partial charge in [0.15, 0.2) is 0 Å². The smallest absolute Gasteiger partial charge is 0.255 e. The minimum atomic E-state index is -0.739. The fraction of sp³-hybridized carbons (Fsp3) is 0.280. The van der Waals surface area contributed by atoms with Gasteiger partial charge in [-0.2, -0.15) is 0 Å². The summed E-state index contributed by atoms with van der Waals surface area (Å²) >= 11 is 0. The number of carbonyl (C=O) groups is 1. The zero-order chi connectivity index (χ0) is 23.9. The fourth-order valence-electron chi connectivity index (χ4n) is 4.76. The van der Waals surface area contributed by atoms with E-state index >= 15 is 0 Å². The second kappa shape index (κ2) is 8.72. The van der Waals surface area contributed by atoms with E-state index in [4.69, 9.17) is 0 Å². The van der Waals surface area contributed by atoms with E-state index < -0.39 is 29.2 Å². The summed E-state index contributed by atoms with van der Waals surface area (Å²) in [5, 5.41) is 6.14. The molecular weight excluding hydrogens is 448 g/mol. The maximum atomic E-state index is 14.0. The van der Waals surface area contributed by atoms with Gasteiger partial charge in [0.2, 0.25) is 0 Å². The molecule has 5 rings (SSSR count). The normalized spacial score (nSPS) is 19.4. The van der Waals surface area contributed by atoms with Crippen molar-refractivity contribution in [3.63, 3.8) is 0 Å². The highest BCUT2D eigenvalue weighted by molar-refractivity contribution is 6.03. The number of amides is 1. The Morgan fingerprint density at radius 1 is 0.971 bits per heavy atom. The van der Waals surface area contributed by atoms with Crippen molar-refractivity contribution in [1.29, 1.82) is 0 Å². The van der Waals surface area contributed by atoms with E-state index in [1.165, 1.54) is 24.5 Å². The number of nitrogens with zero attached hydrogens (tertiary/aromatic N) is 2. The molecule has 2 aromatic carbocycles. The molecule has 1 spiro atoms. The summed E-state index contributed by atoms with van der Waals surface area (Å²) in [6.45, 7) is 2.11. The second-order valence-corrected chi connectivity index (χ2v) is 8.83. The Morgan fingerprint density at radius 2 is 1.62 bits per heavy atom. The van der Waals surface area contributed by atoms with E-state index in [2.05, 4.69) is 15.6 Å². The Morgan fingerprint density at radius 3 is 2.21 bits per heavy atom. The predicted octanol–water partition coefficient (Wildman–Crippen LogP) is 4.18. The molecule has 2 N–H and O–H groups in total. The van der Waals surface area contributed by atoms with Gasteiger partial charge in [-0.05, 0) is 54.8 Å². The van der Waals surface area contributed by atoms with Gasteiger partial charge < -0.3 is 15.5 Å².